The maximum absolute atomic E-state index is 12.4. The molecule has 0 aromatic heterocycles. The van der Waals surface area contributed by atoms with E-state index in [0.29, 0.717) is 6.61 Å². The van der Waals surface area contributed by atoms with Crippen LogP contribution in [0.3, 0.4) is 0 Å². The van der Waals surface area contributed by atoms with E-state index >= 15 is 0 Å². The Kier molecular flexibility index (Phi) is 3.97. The third kappa shape index (κ3) is 3.13. The number of halogens is 4. The molecule has 1 aromatic carbocycles. The van der Waals surface area contributed by atoms with E-state index in [0.717, 1.165) is 28.5 Å². The summed E-state index contributed by atoms with van der Waals surface area (Å²) in [5, 5.41) is 0. The van der Waals surface area contributed by atoms with Gasteiger partial charge in [0.15, 0.2) is 0 Å². The molecule has 0 amide bonds. The molecule has 1 aliphatic heterocycles. The van der Waals surface area contributed by atoms with E-state index in [1.54, 1.807) is 12.1 Å². The van der Waals surface area contributed by atoms with Crippen LogP contribution < -0.4 is 0 Å². The molecule has 2 atom stereocenters. The molecule has 0 bridgehead atoms. The maximum Gasteiger partial charge on any atom is 0.416 e. The molecule has 0 unspecified atom stereocenters. The minimum absolute atomic E-state index is 0.233. The second kappa shape index (κ2) is 5.14. The second-order valence-corrected chi connectivity index (χ2v) is 5.04. The van der Waals surface area contributed by atoms with Gasteiger partial charge in [-0.3, -0.25) is 0 Å². The zero-order valence-corrected chi connectivity index (χ0v) is 11.2. The van der Waals surface area contributed by atoms with Crippen LogP contribution in [-0.4, -0.2) is 17.1 Å². The molecule has 1 nitrogen and oxygen atoms in total. The Hall–Kier alpha value is -0.300. The van der Waals surface area contributed by atoms with Crippen molar-refractivity contribution in [3.05, 3.63) is 35.4 Å². The van der Waals surface area contributed by atoms with Crippen LogP contribution in [0.5, 0.6) is 0 Å². The summed E-state index contributed by atoms with van der Waals surface area (Å²) < 4.78 is 43.6. The van der Waals surface area contributed by atoms with Gasteiger partial charge in [-0.2, -0.15) is 13.2 Å². The van der Waals surface area contributed by atoms with Gasteiger partial charge in [0.25, 0.3) is 0 Å². The van der Waals surface area contributed by atoms with Crippen LogP contribution in [0.1, 0.15) is 23.5 Å². The molecule has 0 spiro atoms. The Morgan fingerprint density at radius 1 is 1.24 bits per heavy atom. The zero-order valence-electron chi connectivity index (χ0n) is 9.01. The Labute approximate surface area is 111 Å². The van der Waals surface area contributed by atoms with Crippen molar-refractivity contribution in [3.8, 4) is 0 Å². The minimum atomic E-state index is -4.25. The number of ether oxygens (including phenoxy) is 1. The number of hydrogen-bond acceptors (Lipinski definition) is 1. The number of alkyl halides is 4. The highest BCUT2D eigenvalue weighted by molar-refractivity contribution is 14.1. The largest absolute Gasteiger partial charge is 0.416 e. The van der Waals surface area contributed by atoms with Gasteiger partial charge in [0, 0.05) is 10.3 Å². The van der Waals surface area contributed by atoms with Crippen molar-refractivity contribution in [2.24, 2.45) is 0 Å². The molecular weight excluding hydrogens is 344 g/mol. The lowest BCUT2D eigenvalue weighted by Crippen LogP contribution is -2.06. The summed E-state index contributed by atoms with van der Waals surface area (Å²) in [5.74, 6) is 0.233. The molecule has 0 saturated carbocycles. The summed E-state index contributed by atoms with van der Waals surface area (Å²) in [6.07, 6.45) is -3.12. The molecule has 1 heterocycles. The molecule has 0 radical (unpaired) electrons. The Morgan fingerprint density at radius 2 is 1.88 bits per heavy atom. The van der Waals surface area contributed by atoms with Gasteiger partial charge in [0.1, 0.15) is 0 Å². The molecule has 0 aliphatic carbocycles. The van der Waals surface area contributed by atoms with Gasteiger partial charge < -0.3 is 4.74 Å². The van der Waals surface area contributed by atoms with E-state index in [9.17, 15) is 13.2 Å². The average Bonchev–Trinajstić information content (AvgIpc) is 2.76. The van der Waals surface area contributed by atoms with Crippen LogP contribution in [0.2, 0.25) is 0 Å². The van der Waals surface area contributed by atoms with Crippen molar-refractivity contribution in [3.63, 3.8) is 0 Å². The third-order valence-corrected chi connectivity index (χ3v) is 3.94. The van der Waals surface area contributed by atoms with Gasteiger partial charge in [-0.1, -0.05) is 34.7 Å². The van der Waals surface area contributed by atoms with Gasteiger partial charge in [-0.05, 0) is 24.1 Å². The summed E-state index contributed by atoms with van der Waals surface area (Å²) in [7, 11) is 0. The van der Waals surface area contributed by atoms with Gasteiger partial charge in [0.2, 0.25) is 0 Å². The molecule has 2 rings (SSSR count). The number of hydrogen-bond donors (Lipinski definition) is 0. The van der Waals surface area contributed by atoms with E-state index in [1.807, 2.05) is 0 Å². The van der Waals surface area contributed by atoms with E-state index in [1.165, 1.54) is 0 Å². The monoisotopic (exact) mass is 356 g/mol. The lowest BCUT2D eigenvalue weighted by molar-refractivity contribution is -0.137. The van der Waals surface area contributed by atoms with E-state index in [-0.39, 0.29) is 12.0 Å². The van der Waals surface area contributed by atoms with E-state index < -0.39 is 11.7 Å². The minimum Gasteiger partial charge on any atom is -0.377 e. The lowest BCUT2D eigenvalue weighted by atomic mass is 9.96. The number of benzene rings is 1. The fourth-order valence-corrected chi connectivity index (χ4v) is 2.60. The van der Waals surface area contributed by atoms with Crippen LogP contribution in [0, 0.1) is 0 Å². The van der Waals surface area contributed by atoms with Crippen molar-refractivity contribution >= 4 is 22.6 Å². The number of rotatable bonds is 2. The van der Waals surface area contributed by atoms with Crippen LogP contribution in [0.4, 0.5) is 13.2 Å². The summed E-state index contributed by atoms with van der Waals surface area (Å²) >= 11 is 2.26. The van der Waals surface area contributed by atoms with E-state index in [2.05, 4.69) is 22.6 Å². The second-order valence-electron chi connectivity index (χ2n) is 4.16. The van der Waals surface area contributed by atoms with Gasteiger partial charge in [-0.15, -0.1) is 0 Å². The molecule has 1 aliphatic rings. The Balaban J connectivity index is 2.09. The molecule has 1 aromatic rings. The molecule has 1 fully saturated rings. The fourth-order valence-electron chi connectivity index (χ4n) is 1.99. The molecule has 94 valence electrons. The first kappa shape index (κ1) is 13.1. The van der Waals surface area contributed by atoms with Crippen LogP contribution in [-0.2, 0) is 10.9 Å². The van der Waals surface area contributed by atoms with Crippen molar-refractivity contribution < 1.29 is 17.9 Å². The molecular formula is C12H12F3IO. The quantitative estimate of drug-likeness (QED) is 0.575. The standard InChI is InChI=1S/C12H12F3IO/c13-12(14,15)10-3-1-8(2-4-10)9-5-11(6-16)17-7-9/h1-4,9,11H,5-7H2/t9-,11+/m0/s1. The molecule has 1 saturated heterocycles. The van der Waals surface area contributed by atoms with Gasteiger partial charge in [-0.25, -0.2) is 0 Å². The summed E-state index contributed by atoms with van der Waals surface area (Å²) in [4.78, 5) is 0. The molecule has 17 heavy (non-hydrogen) atoms. The highest BCUT2D eigenvalue weighted by atomic mass is 127. The van der Waals surface area contributed by atoms with Crippen molar-refractivity contribution in [1.29, 1.82) is 0 Å². The van der Waals surface area contributed by atoms with Gasteiger partial charge in [0.05, 0.1) is 18.3 Å². The van der Waals surface area contributed by atoms with Crippen molar-refractivity contribution in [2.75, 3.05) is 11.0 Å². The van der Waals surface area contributed by atoms with Crippen LogP contribution >= 0.6 is 22.6 Å². The summed E-state index contributed by atoms with van der Waals surface area (Å²) in [5.41, 5.74) is 0.343. The normalized spacial score (nSPS) is 25.2. The highest BCUT2D eigenvalue weighted by Crippen LogP contribution is 2.33. The smallest absolute Gasteiger partial charge is 0.377 e. The fraction of sp³-hybridized carbons (Fsp3) is 0.500. The summed E-state index contributed by atoms with van der Waals surface area (Å²) in [6, 6.07) is 5.41. The first-order valence-corrected chi connectivity index (χ1v) is 6.88. The Morgan fingerprint density at radius 3 is 2.35 bits per heavy atom. The zero-order chi connectivity index (χ0) is 12.5. The molecule has 0 N–H and O–H groups in total. The first-order valence-electron chi connectivity index (χ1n) is 5.35. The predicted molar refractivity (Wildman–Crippen MR) is 67.4 cm³/mol. The van der Waals surface area contributed by atoms with E-state index in [4.69, 9.17) is 4.74 Å². The topological polar surface area (TPSA) is 9.23 Å². The first-order chi connectivity index (χ1) is 8.00. The van der Waals surface area contributed by atoms with Crippen molar-refractivity contribution in [2.45, 2.75) is 24.6 Å². The van der Waals surface area contributed by atoms with Crippen LogP contribution in [0.15, 0.2) is 24.3 Å². The Bertz CT molecular complexity index is 374. The maximum atomic E-state index is 12.4. The van der Waals surface area contributed by atoms with Crippen LogP contribution in [0.25, 0.3) is 0 Å². The van der Waals surface area contributed by atoms with Gasteiger partial charge >= 0.3 is 6.18 Å². The highest BCUT2D eigenvalue weighted by Gasteiger charge is 2.31. The lowest BCUT2D eigenvalue weighted by Gasteiger charge is -2.11. The average molecular weight is 356 g/mol. The van der Waals surface area contributed by atoms with Crippen molar-refractivity contribution in [1.82, 2.24) is 0 Å². The third-order valence-electron chi connectivity index (χ3n) is 2.96. The summed E-state index contributed by atoms with van der Waals surface area (Å²) in [6.45, 7) is 0.610. The molecule has 5 heteroatoms. The SMILES string of the molecule is FC(F)(F)c1ccc([C@@H]2CO[C@@H](CI)C2)cc1. The predicted octanol–water partition coefficient (Wildman–Crippen LogP) is 4.01.